The van der Waals surface area contributed by atoms with Crippen molar-refractivity contribution in [3.8, 4) is 23.8 Å². The van der Waals surface area contributed by atoms with Crippen LogP contribution in [0.3, 0.4) is 0 Å². The molecule has 5 rings (SSSR count). The lowest BCUT2D eigenvalue weighted by Crippen LogP contribution is -2.40. The summed E-state index contributed by atoms with van der Waals surface area (Å²) in [6.07, 6.45) is 7.11. The van der Waals surface area contributed by atoms with Crippen LogP contribution in [0.2, 0.25) is 0 Å². The number of hydrogen-bond acceptors (Lipinski definition) is 6. The van der Waals surface area contributed by atoms with Crippen LogP contribution >= 0.6 is 11.3 Å². The number of rotatable bonds is 8. The number of allylic oxidation sites excluding steroid dienone is 1. The molecule has 0 aliphatic carbocycles. The molecule has 0 radical (unpaired) electrons. The van der Waals surface area contributed by atoms with Crippen molar-refractivity contribution >= 4 is 29.0 Å². The molecule has 1 aliphatic heterocycles. The van der Waals surface area contributed by atoms with Crippen LogP contribution < -0.4 is 29.7 Å². The molecule has 0 saturated heterocycles. The highest BCUT2D eigenvalue weighted by Gasteiger charge is 2.32. The number of nitrogens with zero attached hydrogens (tertiary/aromatic N) is 2. The van der Waals surface area contributed by atoms with E-state index in [0.29, 0.717) is 44.4 Å². The molecule has 0 bridgehead atoms. The lowest BCUT2D eigenvalue weighted by molar-refractivity contribution is -0.113. The van der Waals surface area contributed by atoms with Gasteiger partial charge in [-0.3, -0.25) is 14.2 Å². The second-order valence-corrected chi connectivity index (χ2v) is 9.98. The van der Waals surface area contributed by atoms with E-state index in [2.05, 4.69) is 11.2 Å². The van der Waals surface area contributed by atoms with Gasteiger partial charge in [-0.25, -0.2) is 4.99 Å². The molecule has 0 spiro atoms. The van der Waals surface area contributed by atoms with E-state index in [0.717, 1.165) is 11.1 Å². The van der Waals surface area contributed by atoms with E-state index >= 15 is 0 Å². The average Bonchev–Trinajstić information content (AvgIpc) is 3.26. The molecule has 0 saturated carbocycles. The summed E-state index contributed by atoms with van der Waals surface area (Å²) in [5.41, 5.74) is 2.92. The molecular formula is C32H27N3O4S. The van der Waals surface area contributed by atoms with Gasteiger partial charge >= 0.3 is 0 Å². The Morgan fingerprint density at radius 2 is 1.85 bits per heavy atom. The van der Waals surface area contributed by atoms with E-state index in [1.165, 1.54) is 11.3 Å². The summed E-state index contributed by atoms with van der Waals surface area (Å²) in [6, 6.07) is 23.3. The molecule has 1 amide bonds. The topological polar surface area (TPSA) is 81.9 Å². The van der Waals surface area contributed by atoms with Crippen molar-refractivity contribution in [3.63, 3.8) is 0 Å². The number of carbonyl (C=O) groups excluding carboxylic acids is 1. The third-order valence-corrected chi connectivity index (χ3v) is 7.27. The smallest absolute Gasteiger partial charge is 0.271 e. The molecule has 1 aliphatic rings. The Morgan fingerprint density at radius 1 is 1.07 bits per heavy atom. The number of carbonyl (C=O) groups is 1. The zero-order valence-corrected chi connectivity index (χ0v) is 22.9. The maximum absolute atomic E-state index is 13.9. The molecule has 1 aromatic heterocycles. The Labute approximate surface area is 235 Å². The highest BCUT2D eigenvalue weighted by Crippen LogP contribution is 2.31. The monoisotopic (exact) mass is 549 g/mol. The number of ether oxygens (including phenoxy) is 2. The summed E-state index contributed by atoms with van der Waals surface area (Å²) in [5, 5.41) is 2.96. The van der Waals surface area contributed by atoms with Crippen LogP contribution in [-0.2, 0) is 4.79 Å². The predicted molar refractivity (Wildman–Crippen MR) is 157 cm³/mol. The Bertz CT molecular complexity index is 1800. The highest BCUT2D eigenvalue weighted by molar-refractivity contribution is 7.07. The fourth-order valence-electron chi connectivity index (χ4n) is 4.53. The predicted octanol–water partition coefficient (Wildman–Crippen LogP) is 4.28. The van der Waals surface area contributed by atoms with Crippen molar-refractivity contribution in [2.24, 2.45) is 4.99 Å². The zero-order chi connectivity index (χ0) is 28.1. The van der Waals surface area contributed by atoms with E-state index in [1.807, 2.05) is 85.8 Å². The number of fused-ring (bicyclic) bond motifs is 1. The second kappa shape index (κ2) is 11.9. The number of benzene rings is 3. The summed E-state index contributed by atoms with van der Waals surface area (Å²) in [7, 11) is 0. The molecule has 4 aromatic rings. The van der Waals surface area contributed by atoms with Gasteiger partial charge in [0.05, 0.1) is 28.5 Å². The van der Waals surface area contributed by atoms with Crippen LogP contribution in [0.1, 0.15) is 31.0 Å². The third-order valence-electron chi connectivity index (χ3n) is 6.28. The molecule has 3 aromatic carbocycles. The first-order valence-electron chi connectivity index (χ1n) is 12.8. The van der Waals surface area contributed by atoms with Crippen LogP contribution in [-0.4, -0.2) is 23.7 Å². The van der Waals surface area contributed by atoms with Crippen molar-refractivity contribution < 1.29 is 14.3 Å². The van der Waals surface area contributed by atoms with Gasteiger partial charge in [-0.15, -0.1) is 6.42 Å². The van der Waals surface area contributed by atoms with Crippen LogP contribution in [0, 0.1) is 12.3 Å². The van der Waals surface area contributed by atoms with Gasteiger partial charge in [-0.05, 0) is 67.4 Å². The summed E-state index contributed by atoms with van der Waals surface area (Å²) < 4.78 is 13.2. The fraction of sp³-hybridized carbons (Fsp3) is 0.156. The Morgan fingerprint density at radius 3 is 2.58 bits per heavy atom. The summed E-state index contributed by atoms with van der Waals surface area (Å²) >= 11 is 1.28. The lowest BCUT2D eigenvalue weighted by atomic mass is 9.95. The lowest BCUT2D eigenvalue weighted by Gasteiger charge is -2.25. The standard InChI is InChI=1S/C32H27N3O4S/c1-4-18-39-26-13-9-10-22(19-26)20-27-31(37)35-29(23-14-16-25(17-15-23)38-5-2)28(21(3)33-32(35)40-27)30(36)34-24-11-7-6-8-12-24/h1,6-17,19-20,29H,5,18H2,2-3H3,(H,34,36)/b27-20-/t29-/m0/s1. The third kappa shape index (κ3) is 5.60. The Hall–Kier alpha value is -4.87. The van der Waals surface area contributed by atoms with Crippen LogP contribution in [0.15, 0.2) is 99.9 Å². The molecule has 0 fully saturated rings. The Kier molecular flexibility index (Phi) is 7.94. The molecule has 200 valence electrons. The summed E-state index contributed by atoms with van der Waals surface area (Å²) in [4.78, 5) is 32.8. The van der Waals surface area contributed by atoms with Gasteiger partial charge in [0.2, 0.25) is 0 Å². The second-order valence-electron chi connectivity index (χ2n) is 8.97. The minimum atomic E-state index is -0.678. The number of thiazole rings is 1. The largest absolute Gasteiger partial charge is 0.494 e. The SMILES string of the molecule is C#CCOc1cccc(/C=c2\sc3n(c2=O)[C@@H](c2ccc(OCC)cc2)C(C(=O)Nc2ccccc2)=C(C)N=3)c1. The number of aromatic nitrogens is 1. The van der Waals surface area contributed by atoms with Crippen LogP contribution in [0.25, 0.3) is 6.08 Å². The van der Waals surface area contributed by atoms with Gasteiger partial charge in [0.25, 0.3) is 11.5 Å². The van der Waals surface area contributed by atoms with Crippen molar-refractivity contribution in [1.29, 1.82) is 0 Å². The molecule has 7 nitrogen and oxygen atoms in total. The minimum Gasteiger partial charge on any atom is -0.494 e. The molecule has 1 atom stereocenters. The quantitative estimate of drug-likeness (QED) is 0.333. The number of nitrogens with one attached hydrogen (secondary N) is 1. The van der Waals surface area contributed by atoms with Gasteiger partial charge in [-0.2, -0.15) is 0 Å². The van der Waals surface area contributed by atoms with Crippen molar-refractivity contribution in [2.75, 3.05) is 18.5 Å². The molecular weight excluding hydrogens is 522 g/mol. The van der Waals surface area contributed by atoms with Crippen molar-refractivity contribution in [3.05, 3.63) is 121 Å². The normalized spacial score (nSPS) is 14.6. The number of anilines is 1. The molecule has 2 heterocycles. The summed E-state index contributed by atoms with van der Waals surface area (Å²) in [5.74, 6) is 3.45. The number of terminal acetylenes is 1. The molecule has 1 N–H and O–H groups in total. The number of para-hydroxylation sites is 1. The number of amides is 1. The molecule has 8 heteroatoms. The zero-order valence-electron chi connectivity index (χ0n) is 22.1. The Balaban J connectivity index is 1.62. The van der Waals surface area contributed by atoms with E-state index in [4.69, 9.17) is 20.9 Å². The first-order chi connectivity index (χ1) is 19.5. The van der Waals surface area contributed by atoms with E-state index in [1.54, 1.807) is 17.6 Å². The van der Waals surface area contributed by atoms with E-state index < -0.39 is 6.04 Å². The first-order valence-corrected chi connectivity index (χ1v) is 13.6. The molecule has 0 unspecified atom stereocenters. The van der Waals surface area contributed by atoms with Crippen LogP contribution in [0.5, 0.6) is 11.5 Å². The minimum absolute atomic E-state index is 0.154. The van der Waals surface area contributed by atoms with Gasteiger partial charge < -0.3 is 14.8 Å². The first kappa shape index (κ1) is 26.7. The molecule has 40 heavy (non-hydrogen) atoms. The maximum Gasteiger partial charge on any atom is 0.271 e. The fourth-order valence-corrected chi connectivity index (χ4v) is 5.58. The van der Waals surface area contributed by atoms with Gasteiger partial charge in [0.15, 0.2) is 4.80 Å². The van der Waals surface area contributed by atoms with Gasteiger partial charge in [0, 0.05) is 5.69 Å². The van der Waals surface area contributed by atoms with Gasteiger partial charge in [-0.1, -0.05) is 59.7 Å². The van der Waals surface area contributed by atoms with Crippen molar-refractivity contribution in [1.82, 2.24) is 4.57 Å². The van der Waals surface area contributed by atoms with Crippen molar-refractivity contribution in [2.45, 2.75) is 19.9 Å². The van der Waals surface area contributed by atoms with E-state index in [-0.39, 0.29) is 18.1 Å². The van der Waals surface area contributed by atoms with E-state index in [9.17, 15) is 9.59 Å². The number of hydrogen-bond donors (Lipinski definition) is 1. The summed E-state index contributed by atoms with van der Waals surface area (Å²) in [6.45, 7) is 4.40. The van der Waals surface area contributed by atoms with Crippen LogP contribution in [0.4, 0.5) is 5.69 Å². The van der Waals surface area contributed by atoms with Gasteiger partial charge in [0.1, 0.15) is 18.1 Å². The average molecular weight is 550 g/mol. The highest BCUT2D eigenvalue weighted by atomic mass is 32.1. The maximum atomic E-state index is 13.9.